The Labute approximate surface area is 470 Å². The molecule has 6 rings (SSSR count). The number of halogens is 10. The fourth-order valence-electron chi connectivity index (χ4n) is 5.81. The maximum absolute atomic E-state index is 12.7. The Morgan fingerprint density at radius 1 is 0.618 bits per heavy atom. The number of rotatable bonds is 22. The molecule has 408 valence electrons. The minimum atomic E-state index is -4.57. The van der Waals surface area contributed by atoms with Gasteiger partial charge in [0, 0.05) is 61.7 Å². The molecule has 0 unspecified atom stereocenters. The van der Waals surface area contributed by atoms with Gasteiger partial charge in [0.05, 0.1) is 39.8 Å². The van der Waals surface area contributed by atoms with E-state index in [-0.39, 0.29) is 93.8 Å². The van der Waals surface area contributed by atoms with Gasteiger partial charge >= 0.3 is 12.4 Å². The summed E-state index contributed by atoms with van der Waals surface area (Å²) in [5, 5.41) is 10.4. The van der Waals surface area contributed by atoms with E-state index in [1.54, 1.807) is 54.6 Å². The smallest absolute Gasteiger partial charge is 0.369 e. The first-order chi connectivity index (χ1) is 35.7. The predicted molar refractivity (Wildman–Crippen MR) is 285 cm³/mol. The number of alkyl halides is 6. The largest absolute Gasteiger partial charge is 0.417 e. The highest BCUT2D eigenvalue weighted by Crippen LogP contribution is 2.34. The molecule has 18 nitrogen and oxygen atoms in total. The molecular formula is C44H40BrCl2F6IN10O8S4. The summed E-state index contributed by atoms with van der Waals surface area (Å²) in [6.45, 7) is 0.548. The summed E-state index contributed by atoms with van der Waals surface area (Å²) in [5.74, 6) is -1.79. The molecule has 0 bridgehead atoms. The number of thiophene rings is 2. The molecule has 0 fully saturated rings. The molecule has 32 heteroatoms. The van der Waals surface area contributed by atoms with Gasteiger partial charge in [-0.1, -0.05) is 51.3 Å². The Morgan fingerprint density at radius 2 is 1.05 bits per heavy atom. The lowest BCUT2D eigenvalue weighted by Crippen LogP contribution is -2.41. The molecule has 76 heavy (non-hydrogen) atoms. The predicted octanol–water partition coefficient (Wildman–Crippen LogP) is 9.26. The van der Waals surface area contributed by atoms with Gasteiger partial charge in [-0.2, -0.15) is 26.3 Å². The van der Waals surface area contributed by atoms with Crippen LogP contribution in [0.4, 0.5) is 38.0 Å². The van der Waals surface area contributed by atoms with Crippen LogP contribution in [0, 0.1) is 3.57 Å². The highest BCUT2D eigenvalue weighted by Gasteiger charge is 2.32. The van der Waals surface area contributed by atoms with Crippen LogP contribution >= 0.6 is 84.4 Å². The van der Waals surface area contributed by atoms with Crippen molar-refractivity contribution in [3.63, 3.8) is 0 Å². The SMILES string of the molecule is O=C(CCCNc1ncc(C(F)(F)F)cc1Cl)NNS(=O)(=O)c1ccc(CNC(=O)c2ccc(Br)cc2)s1.O=C(CCCNc1ncc(C(F)(F)F)cc1Cl)NNS(=O)(=O)c1ccc(CNC(=O)c2ccccc2I)s1. The van der Waals surface area contributed by atoms with E-state index in [9.17, 15) is 62.4 Å². The Hall–Kier alpha value is -5.19. The van der Waals surface area contributed by atoms with Gasteiger partial charge in [0.15, 0.2) is 0 Å². The minimum Gasteiger partial charge on any atom is -0.369 e. The highest BCUT2D eigenvalue weighted by molar-refractivity contribution is 14.1. The summed E-state index contributed by atoms with van der Waals surface area (Å²) in [7, 11) is -8.08. The van der Waals surface area contributed by atoms with Crippen LogP contribution in [0.3, 0.4) is 0 Å². The van der Waals surface area contributed by atoms with Gasteiger partial charge in [-0.3, -0.25) is 30.0 Å². The third-order valence-corrected chi connectivity index (χ3v) is 17.3. The number of aromatic nitrogens is 2. The van der Waals surface area contributed by atoms with Crippen molar-refractivity contribution in [1.82, 2.24) is 41.1 Å². The number of hydrogen-bond acceptors (Lipinski definition) is 14. The van der Waals surface area contributed by atoms with Gasteiger partial charge in [-0.25, -0.2) is 26.8 Å². The van der Waals surface area contributed by atoms with E-state index < -0.39 is 55.3 Å². The van der Waals surface area contributed by atoms with Crippen LogP contribution in [0.25, 0.3) is 0 Å². The van der Waals surface area contributed by atoms with Crippen LogP contribution in [0.5, 0.6) is 0 Å². The van der Waals surface area contributed by atoms with E-state index in [0.29, 0.717) is 33.3 Å². The van der Waals surface area contributed by atoms with Gasteiger partial charge in [-0.05, 0) is 108 Å². The molecule has 8 N–H and O–H groups in total. The van der Waals surface area contributed by atoms with E-state index in [1.165, 1.54) is 12.1 Å². The third kappa shape index (κ3) is 19.4. The number of carbonyl (C=O) groups excluding carboxylic acids is 4. The molecule has 6 aromatic rings. The fourth-order valence-corrected chi connectivity index (χ4v) is 11.5. The van der Waals surface area contributed by atoms with E-state index >= 15 is 0 Å². The van der Waals surface area contributed by atoms with Crippen molar-refractivity contribution in [2.24, 2.45) is 0 Å². The standard InChI is InChI=1S/C22H20BrClF3N5O4S2.C22H20ClF3IN5O4S2/c23-15-5-3-13(4-6-15)21(34)30-12-16-7-8-19(37-16)38(35,36)32-31-18(33)2-1-9-28-20-17(24)10-14(11-29-20)22(25,26)27;23-16-10-13(22(24,25)26)11-29-20(16)28-9-3-6-18(33)31-32-38(35,36)19-8-7-14(37-19)12-30-21(34)15-4-1-2-5-17(15)27/h3-8,10-11,32H,1-2,9,12H2,(H,28,29)(H,30,34)(H,31,33);1-2,4-5,7-8,10-11,32H,3,6,9,12H2,(H,28,29)(H,30,34)(H,31,33). The maximum Gasteiger partial charge on any atom is 0.417 e. The average Bonchev–Trinajstić information content (AvgIpc) is 4.07. The van der Waals surface area contributed by atoms with Crippen molar-refractivity contribution in [1.29, 1.82) is 0 Å². The van der Waals surface area contributed by atoms with Gasteiger partial charge in [0.2, 0.25) is 11.8 Å². The van der Waals surface area contributed by atoms with Crippen LogP contribution in [0.15, 0.2) is 110 Å². The van der Waals surface area contributed by atoms with Crippen molar-refractivity contribution in [3.05, 3.63) is 147 Å². The second-order valence-corrected chi connectivity index (χ2v) is 24.3. The van der Waals surface area contributed by atoms with Crippen molar-refractivity contribution >= 4 is 140 Å². The number of sulfonamides is 2. The molecule has 0 aliphatic rings. The minimum absolute atomic E-state index is 0.0299. The summed E-state index contributed by atoms with van der Waals surface area (Å²) < 4.78 is 127. The van der Waals surface area contributed by atoms with Crippen LogP contribution in [-0.2, 0) is 55.1 Å². The van der Waals surface area contributed by atoms with Crippen LogP contribution < -0.4 is 41.8 Å². The molecular weight excluding hydrogens is 1320 g/mol. The number of hydrazine groups is 2. The molecule has 0 spiro atoms. The van der Waals surface area contributed by atoms with E-state index in [0.717, 1.165) is 42.8 Å². The Bertz CT molecular complexity index is 3250. The fraction of sp³-hybridized carbons (Fsp3) is 0.227. The lowest BCUT2D eigenvalue weighted by atomic mass is 10.2. The van der Waals surface area contributed by atoms with Crippen molar-refractivity contribution in [2.45, 2.75) is 59.5 Å². The third-order valence-electron chi connectivity index (χ3n) is 9.61. The molecule has 0 aliphatic heterocycles. The monoisotopic (exact) mass is 1350 g/mol. The first-order valence-electron chi connectivity index (χ1n) is 21.5. The summed E-state index contributed by atoms with van der Waals surface area (Å²) in [4.78, 5) is 61.0. The second-order valence-electron chi connectivity index (χ2n) is 15.3. The zero-order chi connectivity index (χ0) is 55.8. The number of nitrogens with zero attached hydrogens (tertiary/aromatic N) is 2. The van der Waals surface area contributed by atoms with E-state index in [2.05, 4.69) is 80.6 Å². The highest BCUT2D eigenvalue weighted by atomic mass is 127. The molecule has 0 aliphatic carbocycles. The molecule has 0 radical (unpaired) electrons. The summed E-state index contributed by atoms with van der Waals surface area (Å²) in [6.07, 6.45) is -7.60. The first kappa shape index (κ1) is 61.7. The number of hydrogen-bond donors (Lipinski definition) is 8. The number of pyridine rings is 2. The number of anilines is 2. The molecule has 4 heterocycles. The van der Waals surface area contributed by atoms with Gasteiger partial charge in [0.1, 0.15) is 20.1 Å². The summed E-state index contributed by atoms with van der Waals surface area (Å²) in [6, 6.07) is 21.1. The number of nitrogens with one attached hydrogen (secondary N) is 8. The Balaban J connectivity index is 0.000000281. The van der Waals surface area contributed by atoms with Crippen molar-refractivity contribution < 1.29 is 62.4 Å². The van der Waals surface area contributed by atoms with Crippen molar-refractivity contribution in [3.8, 4) is 0 Å². The Morgan fingerprint density at radius 3 is 1.47 bits per heavy atom. The van der Waals surface area contributed by atoms with Gasteiger partial charge < -0.3 is 21.3 Å². The van der Waals surface area contributed by atoms with Crippen molar-refractivity contribution in [2.75, 3.05) is 23.7 Å². The molecule has 2 aromatic carbocycles. The molecule has 0 atom stereocenters. The topological polar surface area (TPSA) is 259 Å². The Kier molecular flexibility index (Phi) is 22.7. The van der Waals surface area contributed by atoms with E-state index in [4.69, 9.17) is 23.2 Å². The zero-order valence-corrected chi connectivity index (χ0v) is 47.0. The maximum atomic E-state index is 12.7. The second kappa shape index (κ2) is 27.9. The molecule has 4 amide bonds. The van der Waals surface area contributed by atoms with Crippen LogP contribution in [0.1, 0.15) is 67.3 Å². The lowest BCUT2D eigenvalue weighted by molar-refractivity contribution is -0.138. The van der Waals surface area contributed by atoms with Crippen LogP contribution in [-0.4, -0.2) is 63.5 Å². The van der Waals surface area contributed by atoms with Gasteiger partial charge in [-0.15, -0.1) is 32.3 Å². The lowest BCUT2D eigenvalue weighted by Gasteiger charge is -2.11. The first-order valence-corrected chi connectivity index (χ1v) is 28.7. The molecule has 0 saturated carbocycles. The normalized spacial score (nSPS) is 11.7. The molecule has 4 aromatic heterocycles. The quantitative estimate of drug-likeness (QED) is 0.0137. The number of carbonyl (C=O) groups is 4. The zero-order valence-electron chi connectivity index (χ0n) is 38.5. The summed E-state index contributed by atoms with van der Waals surface area (Å²) >= 11 is 18.8. The molecule has 0 saturated heterocycles. The number of amides is 4. The average molecular weight is 1360 g/mol. The van der Waals surface area contributed by atoms with E-state index in [1.807, 2.05) is 15.7 Å². The number of benzene rings is 2. The summed E-state index contributed by atoms with van der Waals surface area (Å²) in [5.41, 5.74) is 3.21. The van der Waals surface area contributed by atoms with Gasteiger partial charge in [0.25, 0.3) is 31.9 Å². The van der Waals surface area contributed by atoms with Crippen LogP contribution in [0.2, 0.25) is 10.0 Å².